The van der Waals surface area contributed by atoms with E-state index in [2.05, 4.69) is 4.18 Å². The van der Waals surface area contributed by atoms with E-state index < -0.39 is 17.4 Å². The van der Waals surface area contributed by atoms with Crippen LogP contribution in [0.5, 0.6) is 0 Å². The van der Waals surface area contributed by atoms with Gasteiger partial charge < -0.3 is 9.29 Å². The number of halogens is 1. The Morgan fingerprint density at radius 1 is 1.46 bits per heavy atom. The fourth-order valence-electron chi connectivity index (χ4n) is 1.04. The number of hydrogen-bond donors (Lipinski definition) is 1. The highest BCUT2D eigenvalue weighted by atomic mass is 35.7. The molecule has 0 saturated carbocycles. The van der Waals surface area contributed by atoms with E-state index in [-0.39, 0.29) is 12.8 Å². The number of carboxylic acids is 1. The predicted octanol–water partition coefficient (Wildman–Crippen LogP) is 2.22. The van der Waals surface area contributed by atoms with E-state index >= 15 is 0 Å². The van der Waals surface area contributed by atoms with Crippen LogP contribution in [0.15, 0.2) is 0 Å². The summed E-state index contributed by atoms with van der Waals surface area (Å²) in [5, 5.41) is 8.87. The van der Waals surface area contributed by atoms with Gasteiger partial charge in [-0.15, -0.1) is 0 Å². The third-order valence-electron chi connectivity index (χ3n) is 2.11. The van der Waals surface area contributed by atoms with Gasteiger partial charge in [0, 0.05) is 10.7 Å². The first kappa shape index (κ1) is 12.6. The maximum absolute atomic E-state index is 11.3. The van der Waals surface area contributed by atoms with Gasteiger partial charge in [-0.2, -0.15) is 0 Å². The minimum Gasteiger partial charge on any atom is -0.480 e. The van der Waals surface area contributed by atoms with Crippen LogP contribution in [0.3, 0.4) is 0 Å². The van der Waals surface area contributed by atoms with E-state index in [1.54, 1.807) is 13.8 Å². The summed E-state index contributed by atoms with van der Waals surface area (Å²) in [6, 6.07) is 0. The van der Waals surface area contributed by atoms with Crippen LogP contribution >= 0.6 is 21.9 Å². The van der Waals surface area contributed by atoms with Crippen molar-refractivity contribution in [3.8, 4) is 0 Å². The topological polar surface area (TPSA) is 63.6 Å². The molecular formula is C7H11ClO4S. The molecule has 0 heterocycles. The Morgan fingerprint density at radius 2 is 1.92 bits per heavy atom. The molecule has 76 valence electrons. The molecule has 0 aromatic rings. The third-order valence-corrected chi connectivity index (χ3v) is 2.52. The van der Waals surface area contributed by atoms with Gasteiger partial charge in [-0.3, -0.25) is 4.79 Å². The first-order valence-electron chi connectivity index (χ1n) is 3.78. The summed E-state index contributed by atoms with van der Waals surface area (Å²) in [5.74, 6) is -1.97. The molecule has 0 aromatic heterocycles. The van der Waals surface area contributed by atoms with Gasteiger partial charge in [0.25, 0.3) is 0 Å². The molecule has 13 heavy (non-hydrogen) atoms. The molecule has 0 aliphatic heterocycles. The van der Waals surface area contributed by atoms with Crippen LogP contribution in [-0.2, 0) is 13.8 Å². The SMILES string of the molecule is CCC(CC)(C(=O)O)C(=O)OSCl. The minimum atomic E-state index is -1.46. The first-order valence-corrected chi connectivity index (χ1v) is 5.35. The molecule has 0 fully saturated rings. The highest BCUT2D eigenvalue weighted by Crippen LogP contribution is 2.30. The zero-order valence-electron chi connectivity index (χ0n) is 7.37. The van der Waals surface area contributed by atoms with Crippen LogP contribution in [0.1, 0.15) is 26.7 Å². The third kappa shape index (κ3) is 2.51. The van der Waals surface area contributed by atoms with E-state index in [1.807, 2.05) is 0 Å². The second kappa shape index (κ2) is 5.34. The predicted molar refractivity (Wildman–Crippen MR) is 50.2 cm³/mol. The molecule has 0 atom stereocenters. The summed E-state index contributed by atoms with van der Waals surface area (Å²) in [6.45, 7) is 3.25. The molecule has 4 nitrogen and oxygen atoms in total. The Hall–Kier alpha value is -0.420. The average Bonchev–Trinajstić information content (AvgIpc) is 2.07. The second-order valence-corrected chi connectivity index (χ2v) is 3.20. The molecule has 0 aliphatic carbocycles. The van der Waals surface area contributed by atoms with Crippen LogP contribution in [0.2, 0.25) is 0 Å². The van der Waals surface area contributed by atoms with Crippen molar-refractivity contribution >= 4 is 33.9 Å². The number of carbonyl (C=O) groups is 2. The zero-order valence-corrected chi connectivity index (χ0v) is 8.94. The number of carboxylic acid groups (broad SMARTS) is 1. The fourth-order valence-corrected chi connectivity index (χ4v) is 1.43. The first-order chi connectivity index (χ1) is 6.05. The summed E-state index contributed by atoms with van der Waals surface area (Å²) in [6.07, 6.45) is 0.379. The van der Waals surface area contributed by atoms with Gasteiger partial charge >= 0.3 is 11.9 Å². The zero-order chi connectivity index (χ0) is 10.5. The van der Waals surface area contributed by atoms with Gasteiger partial charge in [-0.1, -0.05) is 13.8 Å². The minimum absolute atomic E-state index is 0.190. The molecule has 0 radical (unpaired) electrons. The number of rotatable bonds is 5. The van der Waals surface area contributed by atoms with E-state index in [0.29, 0.717) is 11.3 Å². The molecule has 0 aliphatic rings. The molecule has 1 N–H and O–H groups in total. The lowest BCUT2D eigenvalue weighted by molar-refractivity contribution is -0.162. The number of hydrogen-bond acceptors (Lipinski definition) is 4. The molecule has 0 saturated heterocycles. The Morgan fingerprint density at radius 3 is 2.15 bits per heavy atom. The van der Waals surface area contributed by atoms with Gasteiger partial charge in [0.15, 0.2) is 16.7 Å². The number of aliphatic carboxylic acids is 1. The smallest absolute Gasteiger partial charge is 0.336 e. The lowest BCUT2D eigenvalue weighted by Gasteiger charge is -2.22. The Bertz CT molecular complexity index is 203. The molecule has 0 aromatic carbocycles. The van der Waals surface area contributed by atoms with Crippen molar-refractivity contribution in [3.05, 3.63) is 0 Å². The van der Waals surface area contributed by atoms with Crippen molar-refractivity contribution in [2.45, 2.75) is 26.7 Å². The van der Waals surface area contributed by atoms with Crippen molar-refractivity contribution in [3.63, 3.8) is 0 Å². The lowest BCUT2D eigenvalue weighted by atomic mass is 9.83. The summed E-state index contributed by atoms with van der Waals surface area (Å²) >= 11 is 0.344. The van der Waals surface area contributed by atoms with Crippen molar-refractivity contribution in [2.75, 3.05) is 0 Å². The van der Waals surface area contributed by atoms with Crippen LogP contribution in [0, 0.1) is 5.41 Å². The Balaban J connectivity index is 4.75. The van der Waals surface area contributed by atoms with Crippen LogP contribution in [0.25, 0.3) is 0 Å². The molecule has 0 bridgehead atoms. The summed E-state index contributed by atoms with van der Waals surface area (Å²) in [5.41, 5.74) is -1.46. The fraction of sp³-hybridized carbons (Fsp3) is 0.714. The quantitative estimate of drug-likeness (QED) is 0.575. The Labute approximate surface area is 85.3 Å². The normalized spacial score (nSPS) is 11.0. The van der Waals surface area contributed by atoms with Gasteiger partial charge in [0.05, 0.1) is 0 Å². The van der Waals surface area contributed by atoms with Crippen molar-refractivity contribution in [1.29, 1.82) is 0 Å². The van der Waals surface area contributed by atoms with E-state index in [9.17, 15) is 9.59 Å². The van der Waals surface area contributed by atoms with Crippen molar-refractivity contribution in [2.24, 2.45) is 5.41 Å². The monoisotopic (exact) mass is 226 g/mol. The second-order valence-electron chi connectivity index (χ2n) is 2.53. The average molecular weight is 227 g/mol. The molecule has 6 heteroatoms. The van der Waals surface area contributed by atoms with Crippen molar-refractivity contribution in [1.82, 2.24) is 0 Å². The van der Waals surface area contributed by atoms with Crippen LogP contribution < -0.4 is 0 Å². The van der Waals surface area contributed by atoms with Crippen LogP contribution in [0.4, 0.5) is 0 Å². The van der Waals surface area contributed by atoms with Gasteiger partial charge in [-0.25, -0.2) is 4.79 Å². The largest absolute Gasteiger partial charge is 0.480 e. The summed E-state index contributed by atoms with van der Waals surface area (Å²) in [4.78, 5) is 22.1. The molecule has 0 amide bonds. The lowest BCUT2D eigenvalue weighted by Crippen LogP contribution is -2.38. The maximum atomic E-state index is 11.3. The van der Waals surface area contributed by atoms with Gasteiger partial charge in [-0.05, 0) is 12.8 Å². The summed E-state index contributed by atoms with van der Waals surface area (Å²) < 4.78 is 4.41. The number of carbonyl (C=O) groups excluding carboxylic acids is 1. The molecule has 0 rings (SSSR count). The highest BCUT2D eigenvalue weighted by Gasteiger charge is 2.44. The van der Waals surface area contributed by atoms with Gasteiger partial charge in [0.2, 0.25) is 0 Å². The maximum Gasteiger partial charge on any atom is 0.336 e. The highest BCUT2D eigenvalue weighted by molar-refractivity contribution is 8.17. The van der Waals surface area contributed by atoms with E-state index in [1.165, 1.54) is 0 Å². The van der Waals surface area contributed by atoms with Crippen molar-refractivity contribution < 1.29 is 18.9 Å². The summed E-state index contributed by atoms with van der Waals surface area (Å²) in [7, 11) is 5.10. The van der Waals surface area contributed by atoms with Gasteiger partial charge in [0.1, 0.15) is 0 Å². The Kier molecular flexibility index (Phi) is 5.17. The van der Waals surface area contributed by atoms with E-state index in [0.717, 1.165) is 0 Å². The molecule has 0 unspecified atom stereocenters. The van der Waals surface area contributed by atoms with Crippen LogP contribution in [-0.4, -0.2) is 17.0 Å². The molecule has 0 spiro atoms. The molecular weight excluding hydrogens is 216 g/mol. The standard InChI is InChI=1S/C7H11ClO4S/c1-3-7(4-2,5(9)10)6(11)12-13-8/h3-4H2,1-2H3,(H,9,10). The van der Waals surface area contributed by atoms with E-state index in [4.69, 9.17) is 15.8 Å².